The molecule has 0 spiro atoms. The first-order chi connectivity index (χ1) is 16.9. The fraction of sp³-hybridized carbons (Fsp3) is 0.125. The Morgan fingerprint density at radius 3 is 2.34 bits per heavy atom. The van der Waals surface area contributed by atoms with Gasteiger partial charge >= 0.3 is 0 Å². The molecule has 1 atom stereocenters. The van der Waals surface area contributed by atoms with Crippen LogP contribution in [0.5, 0.6) is 0 Å². The van der Waals surface area contributed by atoms with Gasteiger partial charge in [0.2, 0.25) is 0 Å². The Hall–Kier alpha value is -3.85. The number of nitriles is 2. The number of hydrogen-bond acceptors (Lipinski definition) is 8. The second-order valence-electron chi connectivity index (χ2n) is 7.20. The number of aromatic nitrogens is 3. The van der Waals surface area contributed by atoms with E-state index in [1.54, 1.807) is 30.6 Å². The summed E-state index contributed by atoms with van der Waals surface area (Å²) in [6, 6.07) is 12.9. The summed E-state index contributed by atoms with van der Waals surface area (Å²) in [6.07, 6.45) is 5.67. The summed E-state index contributed by atoms with van der Waals surface area (Å²) >= 11 is 6.06. The average molecular weight is 507 g/mol. The average Bonchev–Trinajstić information content (AvgIpc) is 3.27. The van der Waals surface area contributed by atoms with Crippen LogP contribution in [0.4, 0.5) is 0 Å². The van der Waals surface area contributed by atoms with E-state index in [-0.39, 0.29) is 27.4 Å². The van der Waals surface area contributed by atoms with Crippen molar-refractivity contribution in [2.75, 3.05) is 14.2 Å². The molecule has 2 N–H and O–H groups in total. The molecule has 2 heterocycles. The number of nitrogens with one attached hydrogen (secondary N) is 2. The van der Waals surface area contributed by atoms with Crippen molar-refractivity contribution in [2.24, 2.45) is 0 Å². The molecule has 0 aliphatic heterocycles. The summed E-state index contributed by atoms with van der Waals surface area (Å²) in [5, 5.41) is 22.6. The normalized spacial score (nSPS) is 12.0. The Morgan fingerprint density at radius 1 is 1.14 bits per heavy atom. The second kappa shape index (κ2) is 11.5. The topological polar surface area (TPSA) is 145 Å². The van der Waals surface area contributed by atoms with Crippen LogP contribution in [0.3, 0.4) is 0 Å². The minimum Gasteiger partial charge on any atom is -0.352 e. The minimum absolute atomic E-state index is 0.0910. The van der Waals surface area contributed by atoms with Crippen LogP contribution in [0, 0.1) is 22.7 Å². The van der Waals surface area contributed by atoms with Crippen LogP contribution in [0.2, 0.25) is 5.02 Å². The summed E-state index contributed by atoms with van der Waals surface area (Å²) in [7, 11) is -0.631. The Labute approximate surface area is 206 Å². The van der Waals surface area contributed by atoms with E-state index in [0.29, 0.717) is 22.2 Å². The zero-order valence-electron chi connectivity index (χ0n) is 18.8. The lowest BCUT2D eigenvalue weighted by molar-refractivity contribution is 0.112. The van der Waals surface area contributed by atoms with Gasteiger partial charge in [-0.3, -0.25) is 9.36 Å². The largest absolute Gasteiger partial charge is 0.352 e. The molecule has 0 aliphatic rings. The highest BCUT2D eigenvalue weighted by molar-refractivity contribution is 7.75. The molecular weight excluding hydrogens is 487 g/mol. The summed E-state index contributed by atoms with van der Waals surface area (Å²) in [5.74, 6) is 0. The fourth-order valence-corrected chi connectivity index (χ4v) is 5.80. The van der Waals surface area contributed by atoms with Crippen LogP contribution >= 0.6 is 19.0 Å². The lowest BCUT2D eigenvalue weighted by atomic mass is 10.1. The van der Waals surface area contributed by atoms with Crippen LogP contribution in [-0.4, -0.2) is 35.4 Å². The molecule has 0 aliphatic carbocycles. The maximum absolute atomic E-state index is 13.8. The second-order valence-corrected chi connectivity index (χ2v) is 10.1. The number of carbonyl (C=O) groups excluding carboxylic acids is 1. The van der Waals surface area contributed by atoms with Gasteiger partial charge in [-0.15, -0.1) is 0 Å². The predicted molar refractivity (Wildman–Crippen MR) is 133 cm³/mol. The molecule has 1 unspecified atom stereocenters. The van der Waals surface area contributed by atoms with Gasteiger partial charge in [-0.25, -0.2) is 9.97 Å². The molecule has 0 amide bonds. The predicted octanol–water partition coefficient (Wildman–Crippen LogP) is 3.45. The zero-order chi connectivity index (χ0) is 25.4. The standard InChI is InChI=1S/C18H11ClN3O3P.C6H9N3/c1-25-26(24,14-5-11(8-20)4-12(6-14)9-21)18-15-7-13(19)2-3-16(15)22-17(18)10-23;1-7-2-6-3-8-5-9-4-6/h2-7,10,22H,1H3;3-5,7H,2H2,1H3. The number of hydrogen-bond donors (Lipinski definition) is 2. The highest BCUT2D eigenvalue weighted by Gasteiger charge is 2.34. The quantitative estimate of drug-likeness (QED) is 0.299. The van der Waals surface area contributed by atoms with Crippen molar-refractivity contribution in [3.63, 3.8) is 0 Å². The maximum Gasteiger partial charge on any atom is 0.263 e. The highest BCUT2D eigenvalue weighted by Crippen LogP contribution is 2.47. The first-order valence-electron chi connectivity index (χ1n) is 10.2. The highest BCUT2D eigenvalue weighted by atomic mass is 35.5. The number of carbonyl (C=O) groups is 1. The van der Waals surface area contributed by atoms with Crippen LogP contribution in [0.1, 0.15) is 27.2 Å². The van der Waals surface area contributed by atoms with Crippen molar-refractivity contribution in [3.05, 3.63) is 82.5 Å². The van der Waals surface area contributed by atoms with Crippen molar-refractivity contribution >= 4 is 46.8 Å². The fourth-order valence-electron chi connectivity index (χ4n) is 3.43. The van der Waals surface area contributed by atoms with Crippen molar-refractivity contribution in [2.45, 2.75) is 6.54 Å². The molecule has 176 valence electrons. The first kappa shape index (κ1) is 25.8. The van der Waals surface area contributed by atoms with E-state index in [4.69, 9.17) is 16.1 Å². The number of benzene rings is 2. The Kier molecular flexibility index (Phi) is 8.48. The molecule has 2 aromatic heterocycles. The number of nitrogens with zero attached hydrogens (tertiary/aromatic N) is 4. The van der Waals surface area contributed by atoms with Crippen molar-refractivity contribution in [3.8, 4) is 12.1 Å². The summed E-state index contributed by atoms with van der Waals surface area (Å²) in [4.78, 5) is 22.2. The maximum atomic E-state index is 13.8. The van der Waals surface area contributed by atoms with Crippen LogP contribution in [0.25, 0.3) is 10.9 Å². The molecule has 0 fully saturated rings. The number of aldehydes is 1. The van der Waals surface area contributed by atoms with E-state index in [1.165, 1.54) is 31.6 Å². The summed E-state index contributed by atoms with van der Waals surface area (Å²) < 4.78 is 19.2. The molecule has 0 saturated carbocycles. The van der Waals surface area contributed by atoms with Gasteiger partial charge in [-0.2, -0.15) is 10.5 Å². The van der Waals surface area contributed by atoms with E-state index in [2.05, 4.69) is 20.3 Å². The van der Waals surface area contributed by atoms with Crippen molar-refractivity contribution in [1.82, 2.24) is 20.3 Å². The van der Waals surface area contributed by atoms with Gasteiger partial charge in [0.1, 0.15) is 6.33 Å². The van der Waals surface area contributed by atoms with Crippen LogP contribution in [-0.2, 0) is 15.6 Å². The molecule has 35 heavy (non-hydrogen) atoms. The van der Waals surface area contributed by atoms with E-state index in [1.807, 2.05) is 19.2 Å². The molecule has 0 saturated heterocycles. The number of aromatic amines is 1. The molecule has 0 radical (unpaired) electrons. The third-order valence-electron chi connectivity index (χ3n) is 4.94. The Morgan fingerprint density at radius 2 is 1.80 bits per heavy atom. The molecule has 0 bridgehead atoms. The lowest BCUT2D eigenvalue weighted by Gasteiger charge is -2.17. The summed E-state index contributed by atoms with van der Waals surface area (Å²) in [6.45, 7) is 0.834. The van der Waals surface area contributed by atoms with E-state index in [0.717, 1.165) is 12.1 Å². The number of fused-ring (bicyclic) bond motifs is 1. The monoisotopic (exact) mass is 506 g/mol. The first-order valence-corrected chi connectivity index (χ1v) is 12.2. The van der Waals surface area contributed by atoms with Gasteiger partial charge in [0.05, 0.1) is 34.3 Å². The Balaban J connectivity index is 0.000000320. The van der Waals surface area contributed by atoms with Gasteiger partial charge in [-0.1, -0.05) is 11.6 Å². The van der Waals surface area contributed by atoms with Crippen molar-refractivity contribution < 1.29 is 13.9 Å². The minimum atomic E-state index is -3.78. The molecule has 9 nitrogen and oxygen atoms in total. The molecule has 4 aromatic rings. The van der Waals surface area contributed by atoms with Gasteiger partial charge in [-0.05, 0) is 43.4 Å². The van der Waals surface area contributed by atoms with E-state index >= 15 is 0 Å². The van der Waals surface area contributed by atoms with E-state index in [9.17, 15) is 19.9 Å². The lowest BCUT2D eigenvalue weighted by Crippen LogP contribution is -2.20. The number of H-pyrrole nitrogens is 1. The van der Waals surface area contributed by atoms with Crippen LogP contribution in [0.15, 0.2) is 55.1 Å². The molecular formula is C24H20ClN6O3P. The third-order valence-corrected chi connectivity index (χ3v) is 7.70. The summed E-state index contributed by atoms with van der Waals surface area (Å²) in [5.41, 5.74) is 2.11. The van der Waals surface area contributed by atoms with Gasteiger partial charge in [0, 0.05) is 52.8 Å². The molecule has 4 rings (SSSR count). The third kappa shape index (κ3) is 5.63. The van der Waals surface area contributed by atoms with Crippen molar-refractivity contribution in [1.29, 1.82) is 10.5 Å². The molecule has 2 aromatic carbocycles. The van der Waals surface area contributed by atoms with E-state index < -0.39 is 7.37 Å². The number of halogens is 1. The zero-order valence-corrected chi connectivity index (χ0v) is 20.5. The van der Waals surface area contributed by atoms with Crippen LogP contribution < -0.4 is 15.9 Å². The molecule has 11 heteroatoms. The SMILES string of the molecule is CNCc1cncnc1.COP(=O)(c1cc(C#N)cc(C#N)c1)c1c(C=O)[nH]c2ccc(Cl)cc12. The Bertz CT molecular complexity index is 1460. The van der Waals surface area contributed by atoms with Gasteiger partial charge in [0.25, 0.3) is 7.37 Å². The van der Waals surface area contributed by atoms with Gasteiger partial charge < -0.3 is 14.8 Å². The smallest absolute Gasteiger partial charge is 0.263 e. The number of rotatable bonds is 6. The van der Waals surface area contributed by atoms with Gasteiger partial charge in [0.15, 0.2) is 6.29 Å².